The van der Waals surface area contributed by atoms with Gasteiger partial charge in [-0.2, -0.15) is 0 Å². The lowest BCUT2D eigenvalue weighted by molar-refractivity contribution is -0.119. The van der Waals surface area contributed by atoms with Crippen molar-refractivity contribution in [2.24, 2.45) is 5.92 Å². The van der Waals surface area contributed by atoms with E-state index < -0.39 is 0 Å². The number of carbonyl (C=O) groups is 2. The second kappa shape index (κ2) is 14.8. The summed E-state index contributed by atoms with van der Waals surface area (Å²) in [4.78, 5) is 30.9. The van der Waals surface area contributed by atoms with E-state index in [9.17, 15) is 9.59 Å². The molecule has 1 heterocycles. The lowest BCUT2D eigenvalue weighted by atomic mass is 10.0. The van der Waals surface area contributed by atoms with E-state index in [0.29, 0.717) is 18.9 Å². The molecule has 4 heteroatoms. The molecule has 1 aliphatic rings. The van der Waals surface area contributed by atoms with Gasteiger partial charge in [0.1, 0.15) is 0 Å². The highest BCUT2D eigenvalue weighted by Gasteiger charge is 2.23. The maximum absolute atomic E-state index is 13.7. The number of rotatable bonds is 7. The fourth-order valence-electron chi connectivity index (χ4n) is 5.06. The van der Waals surface area contributed by atoms with Gasteiger partial charge in [-0.05, 0) is 60.9 Å². The number of para-hydroxylation sites is 1. The molecule has 2 amide bonds. The SMILES string of the molecule is CCCCCc1ccc(C(=O)N2CCCCCCCCN(C(=O)CC(C)C)c3ccccc3C2)cc1. The van der Waals surface area contributed by atoms with Crippen molar-refractivity contribution in [2.75, 3.05) is 18.0 Å². The van der Waals surface area contributed by atoms with E-state index in [0.717, 1.165) is 62.0 Å². The predicted molar refractivity (Wildman–Crippen MR) is 150 cm³/mol. The molecule has 0 bridgehead atoms. The molecule has 2 aromatic rings. The van der Waals surface area contributed by atoms with Crippen molar-refractivity contribution in [1.82, 2.24) is 4.90 Å². The summed E-state index contributed by atoms with van der Waals surface area (Å²) in [5.41, 5.74) is 4.07. The molecule has 0 spiro atoms. The summed E-state index contributed by atoms with van der Waals surface area (Å²) in [6.45, 7) is 8.43. The van der Waals surface area contributed by atoms with Gasteiger partial charge in [0.25, 0.3) is 5.91 Å². The highest BCUT2D eigenvalue weighted by molar-refractivity contribution is 5.95. The Morgan fingerprint density at radius 3 is 2.19 bits per heavy atom. The number of hydrogen-bond acceptors (Lipinski definition) is 2. The first-order valence-electron chi connectivity index (χ1n) is 14.3. The smallest absolute Gasteiger partial charge is 0.254 e. The van der Waals surface area contributed by atoms with Gasteiger partial charge in [-0.1, -0.05) is 89.6 Å². The summed E-state index contributed by atoms with van der Waals surface area (Å²) in [6, 6.07) is 16.4. The maximum Gasteiger partial charge on any atom is 0.254 e. The fraction of sp³-hybridized carbons (Fsp3) is 0.562. The van der Waals surface area contributed by atoms with Crippen molar-refractivity contribution in [1.29, 1.82) is 0 Å². The van der Waals surface area contributed by atoms with Gasteiger partial charge in [-0.3, -0.25) is 9.59 Å². The quantitative estimate of drug-likeness (QED) is 0.372. The molecule has 1 aliphatic heterocycles. The first-order chi connectivity index (χ1) is 17.5. The molecule has 4 nitrogen and oxygen atoms in total. The molecule has 0 N–H and O–H groups in total. The average Bonchev–Trinajstić information content (AvgIpc) is 2.88. The summed E-state index contributed by atoms with van der Waals surface area (Å²) in [5, 5.41) is 0. The summed E-state index contributed by atoms with van der Waals surface area (Å²) in [7, 11) is 0. The number of nitrogens with zero attached hydrogens (tertiary/aromatic N) is 2. The number of benzene rings is 2. The van der Waals surface area contributed by atoms with Gasteiger partial charge >= 0.3 is 0 Å². The minimum absolute atomic E-state index is 0.0832. The zero-order chi connectivity index (χ0) is 25.8. The largest absolute Gasteiger partial charge is 0.334 e. The Balaban J connectivity index is 1.85. The van der Waals surface area contributed by atoms with Gasteiger partial charge < -0.3 is 9.80 Å². The van der Waals surface area contributed by atoms with E-state index in [1.807, 2.05) is 34.1 Å². The monoisotopic (exact) mass is 490 g/mol. The Hall–Kier alpha value is -2.62. The minimum atomic E-state index is 0.0832. The minimum Gasteiger partial charge on any atom is -0.334 e. The number of unbranched alkanes of at least 4 members (excludes halogenated alkanes) is 2. The highest BCUT2D eigenvalue weighted by Crippen LogP contribution is 2.26. The van der Waals surface area contributed by atoms with Crippen LogP contribution in [0.5, 0.6) is 0 Å². The molecule has 0 aromatic heterocycles. The number of carbonyl (C=O) groups excluding carboxylic acids is 2. The second-order valence-electron chi connectivity index (χ2n) is 10.8. The van der Waals surface area contributed by atoms with E-state index in [1.165, 1.54) is 37.7 Å². The molecule has 3 rings (SSSR count). The van der Waals surface area contributed by atoms with E-state index in [-0.39, 0.29) is 11.8 Å². The molecule has 0 saturated heterocycles. The zero-order valence-corrected chi connectivity index (χ0v) is 22.8. The summed E-state index contributed by atoms with van der Waals surface area (Å²) < 4.78 is 0. The molecule has 0 fully saturated rings. The third kappa shape index (κ3) is 8.50. The van der Waals surface area contributed by atoms with Gasteiger partial charge in [0.05, 0.1) is 0 Å². The van der Waals surface area contributed by atoms with Crippen molar-refractivity contribution < 1.29 is 9.59 Å². The fourth-order valence-corrected chi connectivity index (χ4v) is 5.06. The summed E-state index contributed by atoms with van der Waals surface area (Å²) in [6.07, 6.45) is 11.9. The Kier molecular flexibility index (Phi) is 11.5. The van der Waals surface area contributed by atoms with Crippen LogP contribution in [0.2, 0.25) is 0 Å². The average molecular weight is 491 g/mol. The third-order valence-corrected chi connectivity index (χ3v) is 7.14. The second-order valence-corrected chi connectivity index (χ2v) is 10.8. The number of anilines is 1. The molecule has 196 valence electrons. The Morgan fingerprint density at radius 2 is 1.50 bits per heavy atom. The maximum atomic E-state index is 13.7. The van der Waals surface area contributed by atoms with Crippen LogP contribution in [0.3, 0.4) is 0 Å². The van der Waals surface area contributed by atoms with E-state index in [2.05, 4.69) is 45.0 Å². The Labute approximate surface area is 219 Å². The van der Waals surface area contributed by atoms with Gasteiger partial charge in [0.2, 0.25) is 5.91 Å². The van der Waals surface area contributed by atoms with Crippen molar-refractivity contribution in [3.05, 3.63) is 65.2 Å². The number of fused-ring (bicyclic) bond motifs is 1. The Morgan fingerprint density at radius 1 is 0.833 bits per heavy atom. The van der Waals surface area contributed by atoms with E-state index >= 15 is 0 Å². The third-order valence-electron chi connectivity index (χ3n) is 7.14. The van der Waals surface area contributed by atoms with E-state index in [4.69, 9.17) is 0 Å². The molecular weight excluding hydrogens is 444 g/mol. The van der Waals surface area contributed by atoms with Crippen molar-refractivity contribution >= 4 is 17.5 Å². The molecule has 36 heavy (non-hydrogen) atoms. The Bertz CT molecular complexity index is 951. The zero-order valence-electron chi connectivity index (χ0n) is 22.8. The van der Waals surface area contributed by atoms with Crippen LogP contribution in [-0.2, 0) is 17.8 Å². The predicted octanol–water partition coefficient (Wildman–Crippen LogP) is 7.80. The van der Waals surface area contributed by atoms with Crippen LogP contribution in [0.1, 0.15) is 106 Å². The normalized spacial score (nSPS) is 15.6. The molecule has 0 radical (unpaired) electrons. The molecule has 0 saturated carbocycles. The molecular formula is C32H46N2O2. The lowest BCUT2D eigenvalue weighted by Gasteiger charge is -2.29. The van der Waals surface area contributed by atoms with Gasteiger partial charge in [-0.15, -0.1) is 0 Å². The van der Waals surface area contributed by atoms with Gasteiger partial charge in [-0.25, -0.2) is 0 Å². The first kappa shape index (κ1) is 28.0. The highest BCUT2D eigenvalue weighted by atomic mass is 16.2. The number of hydrogen-bond donors (Lipinski definition) is 0. The molecule has 0 unspecified atom stereocenters. The van der Waals surface area contributed by atoms with Gasteiger partial charge in [0.15, 0.2) is 0 Å². The molecule has 0 atom stereocenters. The first-order valence-corrected chi connectivity index (χ1v) is 14.3. The van der Waals surface area contributed by atoms with Crippen LogP contribution < -0.4 is 4.90 Å². The van der Waals surface area contributed by atoms with Crippen LogP contribution in [0, 0.1) is 5.92 Å². The van der Waals surface area contributed by atoms with Crippen LogP contribution in [0.25, 0.3) is 0 Å². The van der Waals surface area contributed by atoms with Gasteiger partial charge in [0, 0.05) is 37.3 Å². The lowest BCUT2D eigenvalue weighted by Crippen LogP contribution is -2.35. The topological polar surface area (TPSA) is 40.6 Å². The summed E-state index contributed by atoms with van der Waals surface area (Å²) >= 11 is 0. The van der Waals surface area contributed by atoms with Crippen LogP contribution in [0.15, 0.2) is 48.5 Å². The van der Waals surface area contributed by atoms with Crippen molar-refractivity contribution in [3.63, 3.8) is 0 Å². The standard InChI is InChI=1S/C32H46N2O2/c1-4-5-10-15-27-18-20-28(21-19-27)32(36)33-22-13-8-6-7-9-14-23-34(31(35)24-26(2)3)30-17-12-11-16-29(30)25-33/h11-12,16-21,26H,4-10,13-15,22-25H2,1-3H3. The van der Waals surface area contributed by atoms with Crippen LogP contribution in [-0.4, -0.2) is 29.8 Å². The van der Waals surface area contributed by atoms with Crippen molar-refractivity contribution in [2.45, 2.75) is 97.9 Å². The summed E-state index contributed by atoms with van der Waals surface area (Å²) in [5.74, 6) is 0.584. The number of aryl methyl sites for hydroxylation is 1. The van der Waals surface area contributed by atoms with E-state index in [1.54, 1.807) is 0 Å². The van der Waals surface area contributed by atoms with Crippen molar-refractivity contribution in [3.8, 4) is 0 Å². The molecule has 0 aliphatic carbocycles. The molecule has 2 aromatic carbocycles. The van der Waals surface area contributed by atoms with Crippen LogP contribution in [0.4, 0.5) is 5.69 Å². The van der Waals surface area contributed by atoms with Crippen LogP contribution >= 0.6 is 0 Å². The number of amides is 2.